The largest absolute Gasteiger partial charge is 0.481 e. The topological polar surface area (TPSA) is 87.0 Å². The van der Waals surface area contributed by atoms with Crippen molar-refractivity contribution in [2.45, 2.75) is 149 Å². The van der Waals surface area contributed by atoms with Gasteiger partial charge in [0.2, 0.25) is 0 Å². The molecule has 0 bridgehead atoms. The average molecular weight is 477 g/mol. The van der Waals surface area contributed by atoms with Crippen molar-refractivity contribution in [3.05, 3.63) is 0 Å². The van der Waals surface area contributed by atoms with Gasteiger partial charge in [-0.15, -0.1) is 0 Å². The lowest BCUT2D eigenvalue weighted by Crippen LogP contribution is -1.97. The van der Waals surface area contributed by atoms with Crippen LogP contribution in [0.4, 0.5) is 0 Å². The molecule has 0 atom stereocenters. The lowest BCUT2D eigenvalue weighted by molar-refractivity contribution is -0.134. The number of carboxylic acid groups (broad SMARTS) is 1. The monoisotopic (exact) mass is 476 g/mol. The van der Waals surface area contributed by atoms with Gasteiger partial charge < -0.3 is 20.1 Å². The molecule has 5 nitrogen and oxygen atoms in total. The molecule has 0 aromatic heterocycles. The number of aliphatic carboxylic acids is 1. The van der Waals surface area contributed by atoms with Crippen LogP contribution in [-0.2, 0) is 9.53 Å². The molecule has 0 rings (SSSR count). The molecule has 0 aromatic rings. The average Bonchev–Trinajstić information content (AvgIpc) is 2.80. The number of hydrogen-bond acceptors (Lipinski definition) is 4. The van der Waals surface area contributed by atoms with Gasteiger partial charge in [0.1, 0.15) is 0 Å². The molecule has 0 amide bonds. The third kappa shape index (κ3) is 54.1. The molecule has 0 spiro atoms. The Morgan fingerprint density at radius 1 is 0.515 bits per heavy atom. The van der Waals surface area contributed by atoms with Crippen molar-refractivity contribution in [1.82, 2.24) is 0 Å². The summed E-state index contributed by atoms with van der Waals surface area (Å²) >= 11 is 0. The number of unbranched alkanes of at least 4 members (excludes halogenated alkanes) is 18. The predicted molar refractivity (Wildman–Crippen MR) is 142 cm³/mol. The van der Waals surface area contributed by atoms with E-state index in [1.807, 2.05) is 0 Å². The van der Waals surface area contributed by atoms with Crippen LogP contribution in [0.15, 0.2) is 0 Å². The number of hydrogen-bond donors (Lipinski definition) is 3. The van der Waals surface area contributed by atoms with Crippen LogP contribution in [0.2, 0.25) is 0 Å². The fraction of sp³-hybridized carbons (Fsp3) is 0.964. The quantitative estimate of drug-likeness (QED) is 0.130. The maximum Gasteiger partial charge on any atom is 0.300 e. The van der Waals surface area contributed by atoms with E-state index < -0.39 is 5.97 Å². The smallest absolute Gasteiger partial charge is 0.300 e. The normalized spacial score (nSPS) is 10.2. The molecule has 0 fully saturated rings. The molecule has 0 radical (unpaired) electrons. The summed E-state index contributed by atoms with van der Waals surface area (Å²) in [5, 5.41) is 22.7. The van der Waals surface area contributed by atoms with Crippen LogP contribution in [0, 0.1) is 0 Å². The standard InChI is InChI=1S/C24H50O.C2H4O2.C2H6O2/c1-3-5-7-9-11-13-15-17-19-21-23-25-24-22-20-18-16-14-12-10-8-6-4-2;1-2(3)4;3-1-2-4/h3-24H2,1-2H3;1H3,(H,3,4);3-4H,1-2H2. The van der Waals surface area contributed by atoms with E-state index in [-0.39, 0.29) is 13.2 Å². The van der Waals surface area contributed by atoms with Gasteiger partial charge in [-0.3, -0.25) is 4.79 Å². The molecule has 3 N–H and O–H groups in total. The van der Waals surface area contributed by atoms with E-state index >= 15 is 0 Å². The molecule has 5 heteroatoms. The summed E-state index contributed by atoms with van der Waals surface area (Å²) in [6.07, 6.45) is 28.2. The summed E-state index contributed by atoms with van der Waals surface area (Å²) in [4.78, 5) is 9.00. The summed E-state index contributed by atoms with van der Waals surface area (Å²) in [5.41, 5.74) is 0. The van der Waals surface area contributed by atoms with Crippen molar-refractivity contribution >= 4 is 5.97 Å². The number of rotatable bonds is 23. The van der Waals surface area contributed by atoms with Gasteiger partial charge in [-0.2, -0.15) is 0 Å². The molecule has 0 aromatic carbocycles. The zero-order valence-electron chi connectivity index (χ0n) is 22.6. The van der Waals surface area contributed by atoms with Gasteiger partial charge in [-0.1, -0.05) is 129 Å². The third-order valence-electron chi connectivity index (χ3n) is 5.38. The molecule has 0 saturated heterocycles. The van der Waals surface area contributed by atoms with Crippen molar-refractivity contribution in [2.24, 2.45) is 0 Å². The fourth-order valence-electron chi connectivity index (χ4n) is 3.49. The van der Waals surface area contributed by atoms with Crippen LogP contribution in [0.3, 0.4) is 0 Å². The van der Waals surface area contributed by atoms with Crippen LogP contribution in [0.1, 0.15) is 149 Å². The minimum atomic E-state index is -0.833. The Balaban J connectivity index is -0.000000962. The molecule has 0 heterocycles. The van der Waals surface area contributed by atoms with Crippen molar-refractivity contribution in [3.63, 3.8) is 0 Å². The van der Waals surface area contributed by atoms with Crippen molar-refractivity contribution in [2.75, 3.05) is 26.4 Å². The highest BCUT2D eigenvalue weighted by Gasteiger charge is 1.95. The van der Waals surface area contributed by atoms with E-state index in [0.29, 0.717) is 0 Å². The van der Waals surface area contributed by atoms with E-state index in [9.17, 15) is 0 Å². The van der Waals surface area contributed by atoms with Crippen LogP contribution < -0.4 is 0 Å². The lowest BCUT2D eigenvalue weighted by Gasteiger charge is -2.05. The summed E-state index contributed by atoms with van der Waals surface area (Å²) in [6.45, 7) is 7.40. The zero-order chi connectivity index (χ0) is 25.3. The van der Waals surface area contributed by atoms with Gasteiger partial charge in [-0.05, 0) is 12.8 Å². The van der Waals surface area contributed by atoms with Crippen LogP contribution in [-0.4, -0.2) is 47.7 Å². The Kier molecular flexibility index (Phi) is 43.2. The van der Waals surface area contributed by atoms with E-state index in [0.717, 1.165) is 20.1 Å². The maximum atomic E-state index is 9.00. The van der Waals surface area contributed by atoms with Gasteiger partial charge in [0.15, 0.2) is 0 Å². The number of aliphatic hydroxyl groups excluding tert-OH is 2. The Morgan fingerprint density at radius 2 is 0.727 bits per heavy atom. The SMILES string of the molecule is CC(=O)O.CCCCCCCCCCCCOCCCCCCCCCCCC.OCCO. The first-order valence-electron chi connectivity index (χ1n) is 14.1. The Hall–Kier alpha value is -0.650. The van der Waals surface area contributed by atoms with E-state index in [2.05, 4.69) is 13.8 Å². The van der Waals surface area contributed by atoms with Crippen molar-refractivity contribution in [1.29, 1.82) is 0 Å². The highest BCUT2D eigenvalue weighted by atomic mass is 16.5. The maximum absolute atomic E-state index is 9.00. The number of ether oxygens (including phenoxy) is 1. The molecule has 0 aliphatic carbocycles. The Bertz CT molecular complexity index is 295. The summed E-state index contributed by atoms with van der Waals surface area (Å²) < 4.78 is 5.78. The second-order valence-electron chi connectivity index (χ2n) is 8.94. The third-order valence-corrected chi connectivity index (χ3v) is 5.38. The highest BCUT2D eigenvalue weighted by molar-refractivity contribution is 5.62. The summed E-state index contributed by atoms with van der Waals surface area (Å²) in [7, 11) is 0. The van der Waals surface area contributed by atoms with Crippen molar-refractivity contribution in [3.8, 4) is 0 Å². The second-order valence-corrected chi connectivity index (χ2v) is 8.94. The zero-order valence-corrected chi connectivity index (χ0v) is 22.6. The van der Waals surface area contributed by atoms with Crippen molar-refractivity contribution < 1.29 is 24.9 Å². The Morgan fingerprint density at radius 3 is 0.939 bits per heavy atom. The molecular weight excluding hydrogens is 416 g/mol. The molecule has 33 heavy (non-hydrogen) atoms. The first-order valence-corrected chi connectivity index (χ1v) is 14.1. The van der Waals surface area contributed by atoms with Gasteiger partial charge in [0, 0.05) is 20.1 Å². The fourth-order valence-corrected chi connectivity index (χ4v) is 3.49. The van der Waals surface area contributed by atoms with Gasteiger partial charge in [0.25, 0.3) is 5.97 Å². The molecular formula is C28H60O5. The number of carbonyl (C=O) groups is 1. The minimum Gasteiger partial charge on any atom is -0.481 e. The first-order chi connectivity index (χ1) is 16.1. The van der Waals surface area contributed by atoms with Gasteiger partial charge in [0.05, 0.1) is 13.2 Å². The predicted octanol–water partition coefficient (Wildman–Crippen LogP) is 7.91. The minimum absolute atomic E-state index is 0.125. The highest BCUT2D eigenvalue weighted by Crippen LogP contribution is 2.12. The lowest BCUT2D eigenvalue weighted by atomic mass is 10.1. The van der Waals surface area contributed by atoms with E-state index in [1.165, 1.54) is 128 Å². The second kappa shape index (κ2) is 38.6. The van der Waals surface area contributed by atoms with Crippen LogP contribution in [0.25, 0.3) is 0 Å². The molecule has 0 saturated carbocycles. The number of aliphatic hydroxyl groups is 2. The summed E-state index contributed by atoms with van der Waals surface area (Å²) in [6, 6.07) is 0. The van der Waals surface area contributed by atoms with E-state index in [1.54, 1.807) is 0 Å². The first kappa shape index (κ1) is 36.9. The van der Waals surface area contributed by atoms with Gasteiger partial charge in [-0.25, -0.2) is 0 Å². The summed E-state index contributed by atoms with van der Waals surface area (Å²) in [5.74, 6) is -0.833. The molecule has 202 valence electrons. The molecule has 0 unspecified atom stereocenters. The van der Waals surface area contributed by atoms with E-state index in [4.69, 9.17) is 24.9 Å². The van der Waals surface area contributed by atoms with Crippen LogP contribution >= 0.6 is 0 Å². The number of carboxylic acids is 1. The molecule has 0 aliphatic rings. The van der Waals surface area contributed by atoms with Crippen LogP contribution in [0.5, 0.6) is 0 Å². The molecule has 0 aliphatic heterocycles. The Labute approximate surface area is 206 Å². The van der Waals surface area contributed by atoms with Gasteiger partial charge >= 0.3 is 0 Å².